The Labute approximate surface area is 152 Å². The van der Waals surface area contributed by atoms with Gasteiger partial charge >= 0.3 is 0 Å². The van der Waals surface area contributed by atoms with E-state index in [9.17, 15) is 5.11 Å². The van der Waals surface area contributed by atoms with Crippen LogP contribution in [0.2, 0.25) is 0 Å². The highest BCUT2D eigenvalue weighted by molar-refractivity contribution is 5.54. The van der Waals surface area contributed by atoms with Gasteiger partial charge < -0.3 is 20.1 Å². The van der Waals surface area contributed by atoms with Gasteiger partial charge in [-0.05, 0) is 24.6 Å². The summed E-state index contributed by atoms with van der Waals surface area (Å²) in [5.74, 6) is 0. The number of piperazine rings is 1. The molecule has 2 aliphatic heterocycles. The average Bonchev–Trinajstić information content (AvgIpc) is 2.64. The van der Waals surface area contributed by atoms with E-state index >= 15 is 0 Å². The van der Waals surface area contributed by atoms with E-state index in [4.69, 9.17) is 4.74 Å². The largest absolute Gasteiger partial charge is 0.388 e. The fourth-order valence-electron chi connectivity index (χ4n) is 3.86. The predicted octanol–water partition coefficient (Wildman–Crippen LogP) is 1.85. The fraction of sp³-hybridized carbons (Fsp3) is 0.700. The maximum absolute atomic E-state index is 10.6. The molecule has 2 fully saturated rings. The summed E-state index contributed by atoms with van der Waals surface area (Å²) in [4.78, 5) is 5.06. The molecule has 0 amide bonds. The number of hydrogen-bond acceptors (Lipinski definition) is 5. The molecule has 3 rings (SSSR count). The Kier molecular flexibility index (Phi) is 6.70. The van der Waals surface area contributed by atoms with Crippen molar-refractivity contribution in [3.05, 3.63) is 29.8 Å². The number of para-hydroxylation sites is 1. The maximum Gasteiger partial charge on any atom is 0.0815 e. The van der Waals surface area contributed by atoms with E-state index in [2.05, 4.69) is 46.3 Å². The average molecular weight is 348 g/mol. The second kappa shape index (κ2) is 8.99. The van der Waals surface area contributed by atoms with Crippen LogP contribution < -0.4 is 10.2 Å². The molecule has 140 valence electrons. The number of ether oxygens (including phenoxy) is 1. The molecule has 2 saturated heterocycles. The molecule has 2 N–H and O–H groups in total. The molecule has 5 nitrogen and oxygen atoms in total. The Balaban J connectivity index is 1.54. The Morgan fingerprint density at radius 1 is 1.12 bits per heavy atom. The Morgan fingerprint density at radius 3 is 2.56 bits per heavy atom. The molecule has 1 aromatic carbocycles. The minimum Gasteiger partial charge on any atom is -0.388 e. The van der Waals surface area contributed by atoms with Gasteiger partial charge in [0.25, 0.3) is 0 Å². The number of rotatable bonds is 7. The molecular formula is C20H33N3O2. The summed E-state index contributed by atoms with van der Waals surface area (Å²) < 4.78 is 5.36. The van der Waals surface area contributed by atoms with Gasteiger partial charge in [-0.25, -0.2) is 0 Å². The molecule has 0 aliphatic carbocycles. The lowest BCUT2D eigenvalue weighted by atomic mass is 9.94. The van der Waals surface area contributed by atoms with Gasteiger partial charge in [-0.3, -0.25) is 4.90 Å². The van der Waals surface area contributed by atoms with Crippen LogP contribution in [0.25, 0.3) is 0 Å². The van der Waals surface area contributed by atoms with Crippen molar-refractivity contribution in [1.82, 2.24) is 10.2 Å². The normalized spacial score (nSPS) is 21.4. The smallest absolute Gasteiger partial charge is 0.0815 e. The van der Waals surface area contributed by atoms with Gasteiger partial charge in [0, 0.05) is 71.0 Å². The summed E-state index contributed by atoms with van der Waals surface area (Å²) in [6.07, 6.45) is 2.68. The Hall–Kier alpha value is -1.14. The van der Waals surface area contributed by atoms with Crippen LogP contribution in [0.4, 0.5) is 5.69 Å². The van der Waals surface area contributed by atoms with Gasteiger partial charge in [-0.2, -0.15) is 0 Å². The minimum absolute atomic E-state index is 0.612. The molecule has 0 saturated carbocycles. The van der Waals surface area contributed by atoms with E-state index in [1.807, 2.05) is 0 Å². The van der Waals surface area contributed by atoms with Gasteiger partial charge in [0.1, 0.15) is 0 Å². The summed E-state index contributed by atoms with van der Waals surface area (Å²) in [5.41, 5.74) is 2.05. The molecule has 2 aliphatic rings. The lowest BCUT2D eigenvalue weighted by molar-refractivity contribution is -0.0616. The number of nitrogens with one attached hydrogen (secondary N) is 1. The maximum atomic E-state index is 10.6. The van der Waals surface area contributed by atoms with Crippen molar-refractivity contribution in [2.24, 2.45) is 0 Å². The molecule has 5 heteroatoms. The molecular weight excluding hydrogens is 314 g/mol. The van der Waals surface area contributed by atoms with Crippen molar-refractivity contribution in [3.63, 3.8) is 0 Å². The van der Waals surface area contributed by atoms with Crippen LogP contribution in [0.3, 0.4) is 0 Å². The van der Waals surface area contributed by atoms with Crippen LogP contribution in [0.15, 0.2) is 24.3 Å². The van der Waals surface area contributed by atoms with E-state index in [0.717, 1.165) is 45.6 Å². The van der Waals surface area contributed by atoms with Crippen LogP contribution in [-0.2, 0) is 11.3 Å². The first-order valence-corrected chi connectivity index (χ1v) is 9.76. The quantitative estimate of drug-likeness (QED) is 0.788. The molecule has 1 aromatic rings. The molecule has 0 spiro atoms. The number of anilines is 1. The third kappa shape index (κ3) is 5.17. The molecule has 2 heterocycles. The van der Waals surface area contributed by atoms with E-state index < -0.39 is 5.60 Å². The zero-order valence-electron chi connectivity index (χ0n) is 15.5. The fourth-order valence-corrected chi connectivity index (χ4v) is 3.86. The summed E-state index contributed by atoms with van der Waals surface area (Å²) in [6, 6.07) is 8.67. The van der Waals surface area contributed by atoms with Crippen LogP contribution in [0.1, 0.15) is 31.7 Å². The van der Waals surface area contributed by atoms with E-state index in [-0.39, 0.29) is 0 Å². The molecule has 25 heavy (non-hydrogen) atoms. The third-order valence-corrected chi connectivity index (χ3v) is 5.44. The summed E-state index contributed by atoms with van der Waals surface area (Å²) in [7, 11) is 0. The highest BCUT2D eigenvalue weighted by Crippen LogP contribution is 2.23. The van der Waals surface area contributed by atoms with Crippen LogP contribution in [0.5, 0.6) is 0 Å². The number of nitrogens with zero attached hydrogens (tertiary/aromatic N) is 2. The van der Waals surface area contributed by atoms with E-state index in [0.29, 0.717) is 19.8 Å². The first-order chi connectivity index (χ1) is 12.2. The third-order valence-electron chi connectivity index (χ3n) is 5.44. The molecule has 0 radical (unpaired) electrons. The number of aliphatic hydroxyl groups is 1. The highest BCUT2D eigenvalue weighted by atomic mass is 16.5. The summed E-state index contributed by atoms with van der Waals surface area (Å²) >= 11 is 0. The lowest BCUT2D eigenvalue weighted by Gasteiger charge is -2.37. The van der Waals surface area contributed by atoms with Crippen molar-refractivity contribution in [1.29, 1.82) is 0 Å². The van der Waals surface area contributed by atoms with Crippen molar-refractivity contribution < 1.29 is 9.84 Å². The van der Waals surface area contributed by atoms with Crippen molar-refractivity contribution in [2.75, 3.05) is 57.4 Å². The minimum atomic E-state index is -0.612. The first-order valence-electron chi connectivity index (χ1n) is 9.76. The van der Waals surface area contributed by atoms with Crippen LogP contribution in [0, 0.1) is 0 Å². The van der Waals surface area contributed by atoms with Crippen LogP contribution >= 0.6 is 0 Å². The van der Waals surface area contributed by atoms with Gasteiger partial charge in [-0.1, -0.05) is 25.1 Å². The molecule has 0 aromatic heterocycles. The van der Waals surface area contributed by atoms with E-state index in [1.165, 1.54) is 24.2 Å². The Bertz CT molecular complexity index is 523. The standard InChI is InChI=1S/C20H33N3O2/c1-2-9-22-10-12-23(13-11-22)19-6-4-3-5-18(19)16-21-17-20(24)7-14-25-15-8-20/h3-6,21,24H,2,7-17H2,1H3. The molecule has 0 atom stereocenters. The van der Waals surface area contributed by atoms with Crippen molar-refractivity contribution in [2.45, 2.75) is 38.3 Å². The topological polar surface area (TPSA) is 48.0 Å². The molecule has 0 unspecified atom stereocenters. The van der Waals surface area contributed by atoms with Crippen molar-refractivity contribution in [3.8, 4) is 0 Å². The predicted molar refractivity (Wildman–Crippen MR) is 102 cm³/mol. The van der Waals surface area contributed by atoms with Crippen LogP contribution in [-0.4, -0.2) is 68.1 Å². The SMILES string of the molecule is CCCN1CCN(c2ccccc2CNCC2(O)CCOCC2)CC1. The second-order valence-electron chi connectivity index (χ2n) is 7.40. The monoisotopic (exact) mass is 347 g/mol. The zero-order valence-corrected chi connectivity index (χ0v) is 15.5. The number of benzene rings is 1. The highest BCUT2D eigenvalue weighted by Gasteiger charge is 2.29. The summed E-state index contributed by atoms with van der Waals surface area (Å²) in [6.45, 7) is 10.7. The second-order valence-corrected chi connectivity index (χ2v) is 7.40. The van der Waals surface area contributed by atoms with Crippen molar-refractivity contribution >= 4 is 5.69 Å². The molecule has 0 bridgehead atoms. The van der Waals surface area contributed by atoms with Gasteiger partial charge in [0.15, 0.2) is 0 Å². The first kappa shape index (κ1) is 18.6. The zero-order chi connectivity index (χ0) is 17.5. The van der Waals surface area contributed by atoms with E-state index in [1.54, 1.807) is 0 Å². The lowest BCUT2D eigenvalue weighted by Crippen LogP contribution is -2.47. The van der Waals surface area contributed by atoms with Gasteiger partial charge in [0.2, 0.25) is 0 Å². The summed E-state index contributed by atoms with van der Waals surface area (Å²) in [5, 5.41) is 14.1. The Morgan fingerprint density at radius 2 is 1.84 bits per heavy atom. The van der Waals surface area contributed by atoms with Gasteiger partial charge in [-0.15, -0.1) is 0 Å². The van der Waals surface area contributed by atoms with Gasteiger partial charge in [0.05, 0.1) is 5.60 Å². The number of hydrogen-bond donors (Lipinski definition) is 2.